The maximum absolute atomic E-state index is 5.78. The summed E-state index contributed by atoms with van der Waals surface area (Å²) in [6, 6.07) is 0. The summed E-state index contributed by atoms with van der Waals surface area (Å²) in [6.07, 6.45) is 16.1. The van der Waals surface area contributed by atoms with Crippen LogP contribution in [0, 0.1) is 0 Å². The Morgan fingerprint density at radius 2 is 1.40 bits per heavy atom. The Bertz CT molecular complexity index is 206. The first-order valence-corrected chi connectivity index (χ1v) is 9.05. The van der Waals surface area contributed by atoms with Gasteiger partial charge in [-0.1, -0.05) is 71.6 Å². The summed E-state index contributed by atoms with van der Waals surface area (Å²) in [5.41, 5.74) is 0.0818. The molecule has 1 rings (SSSR count). The molecule has 1 heterocycles. The molecule has 0 aromatic carbocycles. The Labute approximate surface area is 126 Å². The van der Waals surface area contributed by atoms with Crippen molar-refractivity contribution in [2.45, 2.75) is 96.5 Å². The van der Waals surface area contributed by atoms with Gasteiger partial charge in [0, 0.05) is 13.0 Å². The summed E-state index contributed by atoms with van der Waals surface area (Å²) in [7, 11) is 0. The lowest BCUT2D eigenvalue weighted by molar-refractivity contribution is -0.182. The molecule has 0 saturated carbocycles. The summed E-state index contributed by atoms with van der Waals surface area (Å²) >= 11 is 0. The van der Waals surface area contributed by atoms with E-state index in [0.717, 1.165) is 26.2 Å². The quantitative estimate of drug-likeness (QED) is 0.392. The van der Waals surface area contributed by atoms with Gasteiger partial charge in [0.1, 0.15) is 0 Å². The van der Waals surface area contributed by atoms with Gasteiger partial charge in [0.15, 0.2) is 0 Å². The van der Waals surface area contributed by atoms with Crippen LogP contribution >= 0.6 is 0 Å². The molecule has 0 N–H and O–H groups in total. The summed E-state index contributed by atoms with van der Waals surface area (Å²) < 4.78 is 11.4. The Morgan fingerprint density at radius 3 is 1.85 bits per heavy atom. The van der Waals surface area contributed by atoms with Crippen molar-refractivity contribution < 1.29 is 9.47 Å². The molecule has 0 bridgehead atoms. The molecule has 0 aromatic heterocycles. The lowest BCUT2D eigenvalue weighted by atomic mass is 9.93. The van der Waals surface area contributed by atoms with E-state index in [1.54, 1.807) is 0 Å². The van der Waals surface area contributed by atoms with Gasteiger partial charge in [0.05, 0.1) is 18.8 Å². The first-order chi connectivity index (χ1) is 9.83. The Hall–Kier alpha value is -0.0800. The highest BCUT2D eigenvalue weighted by Crippen LogP contribution is 2.30. The van der Waals surface area contributed by atoms with Crippen LogP contribution in [0.5, 0.6) is 0 Å². The van der Waals surface area contributed by atoms with E-state index < -0.39 is 0 Å². The molecule has 1 aliphatic heterocycles. The van der Waals surface area contributed by atoms with Crippen LogP contribution in [-0.4, -0.2) is 25.4 Å². The van der Waals surface area contributed by atoms with Crippen LogP contribution in [0.15, 0.2) is 0 Å². The summed E-state index contributed by atoms with van der Waals surface area (Å²) in [6.45, 7) is 7.13. The van der Waals surface area contributed by atoms with E-state index in [0.29, 0.717) is 0 Å². The second-order valence-corrected chi connectivity index (χ2v) is 6.37. The average molecular weight is 284 g/mol. The highest BCUT2D eigenvalue weighted by atomic mass is 16.6. The molecular formula is C18H36O2. The Kier molecular flexibility index (Phi) is 10.4. The van der Waals surface area contributed by atoms with Crippen LogP contribution in [0.1, 0.15) is 90.9 Å². The van der Waals surface area contributed by atoms with Crippen molar-refractivity contribution in [1.82, 2.24) is 0 Å². The molecule has 1 atom stereocenters. The van der Waals surface area contributed by atoms with Crippen molar-refractivity contribution in [3.05, 3.63) is 0 Å². The van der Waals surface area contributed by atoms with Gasteiger partial charge < -0.3 is 9.47 Å². The van der Waals surface area contributed by atoms with Gasteiger partial charge in [0.25, 0.3) is 0 Å². The molecule has 0 amide bonds. The van der Waals surface area contributed by atoms with Gasteiger partial charge in [0.2, 0.25) is 0 Å². The minimum Gasteiger partial charge on any atom is -0.378 e. The fraction of sp³-hybridized carbons (Fsp3) is 1.00. The molecule has 1 fully saturated rings. The molecule has 1 saturated heterocycles. The van der Waals surface area contributed by atoms with Gasteiger partial charge in [-0.3, -0.25) is 0 Å². The Morgan fingerprint density at radius 1 is 0.850 bits per heavy atom. The molecular weight excluding hydrogens is 248 g/mol. The maximum Gasteiger partial charge on any atom is 0.0934 e. The largest absolute Gasteiger partial charge is 0.378 e. The van der Waals surface area contributed by atoms with Crippen LogP contribution in [0.3, 0.4) is 0 Å². The minimum absolute atomic E-state index is 0.0818. The van der Waals surface area contributed by atoms with Crippen molar-refractivity contribution in [1.29, 1.82) is 0 Å². The van der Waals surface area contributed by atoms with Gasteiger partial charge in [-0.05, 0) is 12.8 Å². The maximum atomic E-state index is 5.78. The number of unbranched alkanes of at least 4 members (excludes halogenated alkanes) is 9. The normalized spacial score (nSPS) is 21.9. The van der Waals surface area contributed by atoms with Crippen molar-refractivity contribution in [2.75, 3.05) is 19.8 Å². The predicted octanol–water partition coefficient (Wildman–Crippen LogP) is 5.49. The monoisotopic (exact) mass is 284 g/mol. The molecule has 2 heteroatoms. The molecule has 0 aliphatic carbocycles. The van der Waals surface area contributed by atoms with E-state index in [1.165, 1.54) is 70.6 Å². The third kappa shape index (κ3) is 7.64. The fourth-order valence-corrected chi connectivity index (χ4v) is 2.84. The number of ether oxygens (including phenoxy) is 2. The zero-order valence-electron chi connectivity index (χ0n) is 13.9. The molecule has 0 aromatic rings. The molecule has 20 heavy (non-hydrogen) atoms. The highest BCUT2D eigenvalue weighted by molar-refractivity contribution is 4.85. The molecule has 1 unspecified atom stereocenters. The van der Waals surface area contributed by atoms with E-state index in [1.807, 2.05) is 0 Å². The van der Waals surface area contributed by atoms with Gasteiger partial charge in [-0.25, -0.2) is 0 Å². The lowest BCUT2D eigenvalue weighted by Crippen LogP contribution is -2.47. The van der Waals surface area contributed by atoms with Gasteiger partial charge in [-0.2, -0.15) is 0 Å². The minimum atomic E-state index is 0.0818. The van der Waals surface area contributed by atoms with E-state index >= 15 is 0 Å². The highest BCUT2D eigenvalue weighted by Gasteiger charge is 2.36. The van der Waals surface area contributed by atoms with Crippen LogP contribution in [0.2, 0.25) is 0 Å². The van der Waals surface area contributed by atoms with E-state index in [4.69, 9.17) is 9.47 Å². The van der Waals surface area contributed by atoms with Crippen LogP contribution in [0.25, 0.3) is 0 Å². The van der Waals surface area contributed by atoms with Crippen molar-refractivity contribution in [3.8, 4) is 0 Å². The molecule has 120 valence electrons. The SMILES string of the molecule is CCCCCCCCCCCCOCC1(CC)CCO1. The van der Waals surface area contributed by atoms with E-state index in [-0.39, 0.29) is 5.60 Å². The first kappa shape index (κ1) is 18.0. The number of rotatable bonds is 14. The van der Waals surface area contributed by atoms with Crippen molar-refractivity contribution >= 4 is 0 Å². The second kappa shape index (κ2) is 11.6. The summed E-state index contributed by atoms with van der Waals surface area (Å²) in [4.78, 5) is 0. The zero-order chi connectivity index (χ0) is 14.5. The first-order valence-electron chi connectivity index (χ1n) is 9.05. The fourth-order valence-electron chi connectivity index (χ4n) is 2.84. The third-order valence-electron chi connectivity index (χ3n) is 4.62. The molecule has 0 spiro atoms. The standard InChI is InChI=1S/C18H36O2/c1-3-5-6-7-8-9-10-11-12-13-15-19-17-18(4-2)14-16-20-18/h3-17H2,1-2H3. The van der Waals surface area contributed by atoms with Crippen LogP contribution < -0.4 is 0 Å². The van der Waals surface area contributed by atoms with Crippen LogP contribution in [-0.2, 0) is 9.47 Å². The average Bonchev–Trinajstić information content (AvgIpc) is 2.42. The second-order valence-electron chi connectivity index (χ2n) is 6.37. The summed E-state index contributed by atoms with van der Waals surface area (Å²) in [5, 5.41) is 0. The lowest BCUT2D eigenvalue weighted by Gasteiger charge is -2.40. The summed E-state index contributed by atoms with van der Waals surface area (Å²) in [5.74, 6) is 0. The van der Waals surface area contributed by atoms with Gasteiger partial charge >= 0.3 is 0 Å². The van der Waals surface area contributed by atoms with Crippen molar-refractivity contribution in [3.63, 3.8) is 0 Å². The molecule has 0 radical (unpaired) electrons. The molecule has 1 aliphatic rings. The van der Waals surface area contributed by atoms with E-state index in [9.17, 15) is 0 Å². The zero-order valence-corrected chi connectivity index (χ0v) is 13.9. The number of hydrogen-bond donors (Lipinski definition) is 0. The molecule has 2 nitrogen and oxygen atoms in total. The van der Waals surface area contributed by atoms with Gasteiger partial charge in [-0.15, -0.1) is 0 Å². The third-order valence-corrected chi connectivity index (χ3v) is 4.62. The number of hydrogen-bond acceptors (Lipinski definition) is 2. The topological polar surface area (TPSA) is 18.5 Å². The van der Waals surface area contributed by atoms with E-state index in [2.05, 4.69) is 13.8 Å². The Balaban J connectivity index is 1.74. The van der Waals surface area contributed by atoms with Crippen LogP contribution in [0.4, 0.5) is 0 Å². The smallest absolute Gasteiger partial charge is 0.0934 e. The predicted molar refractivity (Wildman–Crippen MR) is 86.3 cm³/mol. The van der Waals surface area contributed by atoms with Crippen molar-refractivity contribution in [2.24, 2.45) is 0 Å².